The van der Waals surface area contributed by atoms with Crippen LogP contribution in [0.15, 0.2) is 46.6 Å². The summed E-state index contributed by atoms with van der Waals surface area (Å²) in [6.07, 6.45) is 0. The van der Waals surface area contributed by atoms with Crippen molar-refractivity contribution in [2.45, 2.75) is 13.5 Å². The molecule has 0 radical (unpaired) electrons. The van der Waals surface area contributed by atoms with Gasteiger partial charge >= 0.3 is 5.97 Å². The van der Waals surface area contributed by atoms with Crippen molar-refractivity contribution in [3.63, 3.8) is 0 Å². The van der Waals surface area contributed by atoms with Crippen LogP contribution in [0.2, 0.25) is 0 Å². The minimum absolute atomic E-state index is 0.278. The molecule has 4 nitrogen and oxygen atoms in total. The Morgan fingerprint density at radius 3 is 2.83 bits per heavy atom. The molecule has 1 heterocycles. The van der Waals surface area contributed by atoms with Crippen LogP contribution in [0.25, 0.3) is 0 Å². The van der Waals surface area contributed by atoms with E-state index in [0.717, 1.165) is 5.56 Å². The van der Waals surface area contributed by atoms with Gasteiger partial charge in [0, 0.05) is 5.75 Å². The van der Waals surface area contributed by atoms with Crippen molar-refractivity contribution in [2.75, 3.05) is 5.75 Å². The number of allylic oxidation sites excluding steroid dienone is 1. The number of carbonyl (C=O) groups excluding carboxylic acids is 1. The van der Waals surface area contributed by atoms with Crippen molar-refractivity contribution < 1.29 is 9.53 Å². The predicted octanol–water partition coefficient (Wildman–Crippen LogP) is 2.07. The molecule has 0 atom stereocenters. The Labute approximate surface area is 110 Å². The van der Waals surface area contributed by atoms with Crippen LogP contribution in [0.1, 0.15) is 12.5 Å². The van der Waals surface area contributed by atoms with E-state index in [9.17, 15) is 4.79 Å². The fraction of sp³-hybridized carbons (Fsp3) is 0.231. The maximum absolute atomic E-state index is 11.9. The van der Waals surface area contributed by atoms with Gasteiger partial charge in [0.05, 0.1) is 11.3 Å². The third kappa shape index (κ3) is 3.13. The van der Waals surface area contributed by atoms with Gasteiger partial charge in [-0.3, -0.25) is 0 Å². The topological polar surface area (TPSA) is 64.7 Å². The zero-order valence-electron chi connectivity index (χ0n) is 10.1. The number of carbonyl (C=O) groups is 1. The number of aliphatic imine (C=N–C) groups is 1. The van der Waals surface area contributed by atoms with Crippen molar-refractivity contribution in [2.24, 2.45) is 10.7 Å². The second kappa shape index (κ2) is 5.73. The summed E-state index contributed by atoms with van der Waals surface area (Å²) in [5.74, 6) is 0.203. The molecule has 1 aromatic carbocycles. The second-order valence-electron chi connectivity index (χ2n) is 3.86. The van der Waals surface area contributed by atoms with Crippen molar-refractivity contribution in [3.8, 4) is 0 Å². The van der Waals surface area contributed by atoms with Crippen molar-refractivity contribution in [1.82, 2.24) is 0 Å². The average molecular weight is 262 g/mol. The zero-order valence-corrected chi connectivity index (χ0v) is 10.9. The first kappa shape index (κ1) is 12.7. The Kier molecular flexibility index (Phi) is 4.04. The van der Waals surface area contributed by atoms with Crippen LogP contribution in [-0.4, -0.2) is 16.9 Å². The Morgan fingerprint density at radius 2 is 2.17 bits per heavy atom. The lowest BCUT2D eigenvalue weighted by Gasteiger charge is -2.13. The highest BCUT2D eigenvalue weighted by atomic mass is 32.2. The molecule has 1 aliphatic rings. The highest BCUT2D eigenvalue weighted by Gasteiger charge is 2.19. The third-order valence-electron chi connectivity index (χ3n) is 2.54. The molecule has 1 aliphatic heterocycles. The van der Waals surface area contributed by atoms with Crippen LogP contribution < -0.4 is 5.73 Å². The Hall–Kier alpha value is -1.75. The number of nitrogens with two attached hydrogens (primary N) is 1. The van der Waals surface area contributed by atoms with E-state index in [-0.39, 0.29) is 12.6 Å². The molecular weight excluding hydrogens is 248 g/mol. The normalized spacial score (nSPS) is 15.3. The molecule has 0 fully saturated rings. The van der Waals surface area contributed by atoms with Gasteiger partial charge in [0.2, 0.25) is 0 Å². The van der Waals surface area contributed by atoms with Crippen LogP contribution >= 0.6 is 11.8 Å². The molecule has 0 saturated heterocycles. The highest BCUT2D eigenvalue weighted by molar-refractivity contribution is 8.14. The fourth-order valence-corrected chi connectivity index (χ4v) is 2.35. The number of benzene rings is 1. The molecule has 0 aromatic heterocycles. The van der Waals surface area contributed by atoms with Crippen molar-refractivity contribution in [1.29, 1.82) is 0 Å². The molecule has 0 amide bonds. The average Bonchev–Trinajstić information content (AvgIpc) is 2.37. The maximum atomic E-state index is 11.9. The first-order valence-electron chi connectivity index (χ1n) is 5.54. The quantitative estimate of drug-likeness (QED) is 0.847. The summed E-state index contributed by atoms with van der Waals surface area (Å²) in [6.45, 7) is 2.05. The molecule has 0 bridgehead atoms. The van der Waals surface area contributed by atoms with Crippen LogP contribution in [0.5, 0.6) is 0 Å². The lowest BCUT2D eigenvalue weighted by molar-refractivity contribution is -0.140. The first-order chi connectivity index (χ1) is 8.66. The number of hydrogen-bond acceptors (Lipinski definition) is 5. The van der Waals surface area contributed by atoms with Crippen LogP contribution in [0, 0.1) is 0 Å². The molecule has 0 aliphatic carbocycles. The van der Waals surface area contributed by atoms with Gasteiger partial charge in [0.1, 0.15) is 6.61 Å². The molecule has 94 valence electrons. The van der Waals surface area contributed by atoms with E-state index in [2.05, 4.69) is 4.99 Å². The predicted molar refractivity (Wildman–Crippen MR) is 73.0 cm³/mol. The monoisotopic (exact) mass is 262 g/mol. The second-order valence-corrected chi connectivity index (χ2v) is 4.86. The highest BCUT2D eigenvalue weighted by Crippen LogP contribution is 2.21. The van der Waals surface area contributed by atoms with Gasteiger partial charge in [0.15, 0.2) is 5.17 Å². The Morgan fingerprint density at radius 1 is 1.44 bits per heavy atom. The zero-order chi connectivity index (χ0) is 13.0. The third-order valence-corrected chi connectivity index (χ3v) is 3.36. The van der Waals surface area contributed by atoms with Gasteiger partial charge in [-0.2, -0.15) is 0 Å². The first-order valence-corrected chi connectivity index (χ1v) is 6.53. The summed E-state index contributed by atoms with van der Waals surface area (Å²) in [7, 11) is 0. The van der Waals surface area contributed by atoms with E-state index < -0.39 is 0 Å². The largest absolute Gasteiger partial charge is 0.457 e. The van der Waals surface area contributed by atoms with Gasteiger partial charge in [0.25, 0.3) is 0 Å². The summed E-state index contributed by atoms with van der Waals surface area (Å²) in [6, 6.07) is 9.58. The molecule has 2 N–H and O–H groups in total. The number of nitrogens with zero attached hydrogens (tertiary/aromatic N) is 1. The standard InChI is InChI=1S/C13H14N2O2S/c1-9-11(8-18-13(14)15-9)12(16)17-7-10-5-3-2-4-6-10/h2-6H,7-8H2,1H3,(H2,14,15). The van der Waals surface area contributed by atoms with Crippen LogP contribution in [-0.2, 0) is 16.1 Å². The summed E-state index contributed by atoms with van der Waals surface area (Å²) in [5.41, 5.74) is 7.78. The molecular formula is C13H14N2O2S. The number of ether oxygens (including phenoxy) is 1. The van der Waals surface area contributed by atoms with Gasteiger partial charge in [-0.05, 0) is 12.5 Å². The van der Waals surface area contributed by atoms with E-state index in [1.54, 1.807) is 6.92 Å². The molecule has 0 saturated carbocycles. The molecule has 18 heavy (non-hydrogen) atoms. The van der Waals surface area contributed by atoms with E-state index >= 15 is 0 Å². The van der Waals surface area contributed by atoms with Crippen molar-refractivity contribution in [3.05, 3.63) is 47.2 Å². The Balaban J connectivity index is 1.99. The van der Waals surface area contributed by atoms with E-state index in [1.165, 1.54) is 11.8 Å². The van der Waals surface area contributed by atoms with Crippen LogP contribution in [0.4, 0.5) is 0 Å². The summed E-state index contributed by atoms with van der Waals surface area (Å²) in [4.78, 5) is 16.0. The molecule has 0 spiro atoms. The van der Waals surface area contributed by atoms with Gasteiger partial charge in [-0.25, -0.2) is 9.79 Å². The lowest BCUT2D eigenvalue weighted by atomic mass is 10.2. The fourth-order valence-electron chi connectivity index (χ4n) is 1.53. The SMILES string of the molecule is CC1=C(C(=O)OCc2ccccc2)CSC(N)=N1. The molecule has 1 aromatic rings. The van der Waals surface area contributed by atoms with Gasteiger partial charge < -0.3 is 10.5 Å². The van der Waals surface area contributed by atoms with Gasteiger partial charge in [-0.15, -0.1) is 0 Å². The molecule has 0 unspecified atom stereocenters. The smallest absolute Gasteiger partial charge is 0.337 e. The van der Waals surface area contributed by atoms with Gasteiger partial charge in [-0.1, -0.05) is 42.1 Å². The van der Waals surface area contributed by atoms with Crippen molar-refractivity contribution >= 4 is 22.9 Å². The summed E-state index contributed by atoms with van der Waals surface area (Å²) in [5, 5.41) is 0.493. The number of thioether (sulfide) groups is 1. The van der Waals surface area contributed by atoms with Crippen LogP contribution in [0.3, 0.4) is 0 Å². The maximum Gasteiger partial charge on any atom is 0.337 e. The summed E-state index contributed by atoms with van der Waals surface area (Å²) >= 11 is 1.35. The molecule has 2 rings (SSSR count). The van der Waals surface area contributed by atoms with E-state index in [4.69, 9.17) is 10.5 Å². The lowest BCUT2D eigenvalue weighted by Crippen LogP contribution is -2.18. The minimum atomic E-state index is -0.319. The minimum Gasteiger partial charge on any atom is -0.457 e. The number of esters is 1. The Bertz CT molecular complexity index is 509. The molecule has 5 heteroatoms. The number of amidine groups is 1. The van der Waals surface area contributed by atoms with E-state index in [1.807, 2.05) is 30.3 Å². The number of hydrogen-bond donors (Lipinski definition) is 1. The number of rotatable bonds is 3. The summed E-state index contributed by atoms with van der Waals surface area (Å²) < 4.78 is 5.25. The van der Waals surface area contributed by atoms with E-state index in [0.29, 0.717) is 22.2 Å².